The minimum atomic E-state index is -1.40. The van der Waals surface area contributed by atoms with Crippen LogP contribution in [0.2, 0.25) is 0 Å². The van der Waals surface area contributed by atoms with Crippen molar-refractivity contribution in [2.75, 3.05) is 13.1 Å². The van der Waals surface area contributed by atoms with Gasteiger partial charge in [0.1, 0.15) is 23.0 Å². The van der Waals surface area contributed by atoms with E-state index >= 15 is 0 Å². The number of alkyl carbamates (subject to hydrolysis) is 1. The lowest BCUT2D eigenvalue weighted by atomic mass is 9.98. The number of rotatable bonds is 7. The number of H-pyrrole nitrogens is 2. The topological polar surface area (TPSA) is 141 Å². The summed E-state index contributed by atoms with van der Waals surface area (Å²) in [4.78, 5) is 60.4. The Balaban J connectivity index is 1.35. The van der Waals surface area contributed by atoms with Crippen LogP contribution in [0.5, 0.6) is 0 Å². The van der Waals surface area contributed by atoms with E-state index in [4.69, 9.17) is 4.74 Å². The molecule has 3 amide bonds. The molecule has 2 aromatic carbocycles. The van der Waals surface area contributed by atoms with Crippen LogP contribution >= 0.6 is 0 Å². The fourth-order valence-electron chi connectivity index (χ4n) is 5.70. The molecule has 0 bridgehead atoms. The molecule has 3 heterocycles. The first-order valence-corrected chi connectivity index (χ1v) is 14.8. The second-order valence-electron chi connectivity index (χ2n) is 12.9. The second kappa shape index (κ2) is 11.8. The minimum absolute atomic E-state index is 0.0868. The summed E-state index contributed by atoms with van der Waals surface area (Å²) in [6.45, 7) is 9.01. The van der Waals surface area contributed by atoms with Crippen LogP contribution in [0.15, 0.2) is 53.5 Å². The fraction of sp³-hybridized carbons (Fsp3) is 0.438. The number of carbonyl (C=O) groups excluding carboxylic acids is 3. The van der Waals surface area contributed by atoms with Gasteiger partial charge in [0.25, 0.3) is 0 Å². The maximum atomic E-state index is 14.0. The number of likely N-dealkylation sites (tertiary alicyclic amines) is 1. The van der Waals surface area contributed by atoms with Crippen LogP contribution in [0.25, 0.3) is 21.9 Å². The lowest BCUT2D eigenvalue weighted by Gasteiger charge is -2.36. The molecule has 4 N–H and O–H groups in total. The molecular weight excluding hydrogens is 567 g/mol. The number of amides is 3. The van der Waals surface area contributed by atoms with Gasteiger partial charge in [0.15, 0.2) is 0 Å². The highest BCUT2D eigenvalue weighted by atomic mass is 19.1. The van der Waals surface area contributed by atoms with Crippen molar-refractivity contribution in [2.45, 2.75) is 77.1 Å². The van der Waals surface area contributed by atoms with Gasteiger partial charge < -0.3 is 30.2 Å². The van der Waals surface area contributed by atoms with Crippen molar-refractivity contribution in [3.05, 3.63) is 70.5 Å². The summed E-state index contributed by atoms with van der Waals surface area (Å²) >= 11 is 0. The number of para-hydroxylation sites is 2. The quantitative estimate of drug-likeness (QED) is 0.250. The van der Waals surface area contributed by atoms with E-state index in [0.717, 1.165) is 22.0 Å². The van der Waals surface area contributed by atoms with Crippen molar-refractivity contribution in [1.29, 1.82) is 0 Å². The fourth-order valence-corrected chi connectivity index (χ4v) is 5.70. The summed E-state index contributed by atoms with van der Waals surface area (Å²) in [5.41, 5.74) is 0.562. The standard InChI is InChI=1S/C32H39FN6O5/c1-31(2,3)44-30(43)37-32(4,5)28(41)35-25(16-19-18-34-24-17-20(33)10-11-22(19)24)27(40)38-14-12-21(13-15-38)39-26-9-7-6-8-23(26)36-29(39)42/h6-11,17-18,21,25,34H,12-16H2,1-5H3,(H,35,41)(H,36,42)(H,37,43). The van der Waals surface area contributed by atoms with E-state index in [2.05, 4.69) is 20.6 Å². The Hall–Kier alpha value is -4.61. The zero-order valence-electron chi connectivity index (χ0n) is 25.6. The number of carbonyl (C=O) groups is 3. The lowest BCUT2D eigenvalue weighted by molar-refractivity contribution is -0.138. The average Bonchev–Trinajstić information content (AvgIpc) is 3.49. The molecule has 11 nitrogen and oxygen atoms in total. The Labute approximate surface area is 254 Å². The molecule has 1 atom stereocenters. The number of aromatic nitrogens is 3. The third-order valence-electron chi connectivity index (χ3n) is 7.90. The van der Waals surface area contributed by atoms with Crippen molar-refractivity contribution in [3.63, 3.8) is 0 Å². The van der Waals surface area contributed by atoms with E-state index in [1.807, 2.05) is 24.3 Å². The number of piperidine rings is 1. The molecule has 0 spiro atoms. The highest BCUT2D eigenvalue weighted by Crippen LogP contribution is 2.26. The van der Waals surface area contributed by atoms with E-state index in [-0.39, 0.29) is 29.9 Å². The van der Waals surface area contributed by atoms with Gasteiger partial charge in [-0.3, -0.25) is 14.2 Å². The zero-order valence-corrected chi connectivity index (χ0v) is 25.6. The molecule has 1 aliphatic heterocycles. The van der Waals surface area contributed by atoms with Crippen LogP contribution in [-0.2, 0) is 20.7 Å². The van der Waals surface area contributed by atoms with Crippen LogP contribution in [-0.4, -0.2) is 67.6 Å². The van der Waals surface area contributed by atoms with Crippen LogP contribution in [0.3, 0.4) is 0 Å². The zero-order chi connectivity index (χ0) is 31.8. The summed E-state index contributed by atoms with van der Waals surface area (Å²) < 4.78 is 20.9. The molecule has 1 saturated heterocycles. The van der Waals surface area contributed by atoms with Crippen LogP contribution in [0.4, 0.5) is 9.18 Å². The smallest absolute Gasteiger partial charge is 0.408 e. The monoisotopic (exact) mass is 606 g/mol. The van der Waals surface area contributed by atoms with Gasteiger partial charge in [0.2, 0.25) is 11.8 Å². The van der Waals surface area contributed by atoms with E-state index in [9.17, 15) is 23.6 Å². The number of hydrogen-bond donors (Lipinski definition) is 4. The third kappa shape index (κ3) is 6.63. The van der Waals surface area contributed by atoms with Crippen molar-refractivity contribution < 1.29 is 23.5 Å². The number of aromatic amines is 2. The molecule has 1 fully saturated rings. The Morgan fingerprint density at radius 3 is 2.45 bits per heavy atom. The summed E-state index contributed by atoms with van der Waals surface area (Å²) in [7, 11) is 0. The van der Waals surface area contributed by atoms with Gasteiger partial charge in [0.05, 0.1) is 11.0 Å². The predicted molar refractivity (Wildman–Crippen MR) is 165 cm³/mol. The minimum Gasteiger partial charge on any atom is -0.444 e. The van der Waals surface area contributed by atoms with Gasteiger partial charge >= 0.3 is 11.8 Å². The molecule has 4 aromatic rings. The molecule has 0 radical (unpaired) electrons. The van der Waals surface area contributed by atoms with Crippen molar-refractivity contribution in [1.82, 2.24) is 30.1 Å². The maximum Gasteiger partial charge on any atom is 0.408 e. The predicted octanol–water partition coefficient (Wildman–Crippen LogP) is 4.14. The van der Waals surface area contributed by atoms with Crippen LogP contribution in [0, 0.1) is 5.82 Å². The van der Waals surface area contributed by atoms with E-state index in [1.165, 1.54) is 26.0 Å². The normalized spacial score (nSPS) is 15.4. The number of hydrogen-bond acceptors (Lipinski definition) is 5. The van der Waals surface area contributed by atoms with Gasteiger partial charge in [-0.05, 0) is 83.4 Å². The number of benzene rings is 2. The molecule has 0 aliphatic carbocycles. The molecule has 0 saturated carbocycles. The van der Waals surface area contributed by atoms with E-state index < -0.39 is 29.2 Å². The van der Waals surface area contributed by atoms with E-state index in [0.29, 0.717) is 31.4 Å². The maximum absolute atomic E-state index is 14.0. The highest BCUT2D eigenvalue weighted by molar-refractivity contribution is 5.94. The Morgan fingerprint density at radius 1 is 1.05 bits per heavy atom. The van der Waals surface area contributed by atoms with E-state index in [1.54, 1.807) is 42.5 Å². The van der Waals surface area contributed by atoms with Gasteiger partial charge in [-0.2, -0.15) is 0 Å². The Morgan fingerprint density at radius 2 is 1.75 bits per heavy atom. The van der Waals surface area contributed by atoms with Crippen molar-refractivity contribution in [3.8, 4) is 0 Å². The molecular formula is C32H39FN6O5. The van der Waals surface area contributed by atoms with Gasteiger partial charge in [-0.1, -0.05) is 12.1 Å². The third-order valence-corrected chi connectivity index (χ3v) is 7.90. The first-order chi connectivity index (χ1) is 20.7. The number of halogens is 1. The summed E-state index contributed by atoms with van der Waals surface area (Å²) in [6.07, 6.45) is 2.21. The largest absolute Gasteiger partial charge is 0.444 e. The average molecular weight is 607 g/mol. The SMILES string of the molecule is CC(C)(C)OC(=O)NC(C)(C)C(=O)NC(Cc1c[nH]c2cc(F)ccc12)C(=O)N1CCC(n2c(=O)[nH]c3ccccc32)CC1. The lowest BCUT2D eigenvalue weighted by Crippen LogP contribution is -2.60. The molecule has 234 valence electrons. The Kier molecular flexibility index (Phi) is 8.28. The molecule has 44 heavy (non-hydrogen) atoms. The molecule has 12 heteroatoms. The summed E-state index contributed by atoms with van der Waals surface area (Å²) in [5, 5.41) is 6.19. The number of ether oxygens (including phenoxy) is 1. The van der Waals surface area contributed by atoms with Crippen LogP contribution < -0.4 is 16.3 Å². The first-order valence-electron chi connectivity index (χ1n) is 14.8. The molecule has 1 unspecified atom stereocenters. The molecule has 1 aliphatic rings. The van der Waals surface area contributed by atoms with Gasteiger partial charge in [-0.15, -0.1) is 0 Å². The Bertz CT molecular complexity index is 1760. The highest BCUT2D eigenvalue weighted by Gasteiger charge is 2.37. The molecule has 5 rings (SSSR count). The van der Waals surface area contributed by atoms with Crippen LogP contribution in [0.1, 0.15) is 59.1 Å². The number of imidazole rings is 1. The van der Waals surface area contributed by atoms with Crippen molar-refractivity contribution >= 4 is 39.8 Å². The van der Waals surface area contributed by atoms with Crippen molar-refractivity contribution in [2.24, 2.45) is 0 Å². The first kappa shape index (κ1) is 30.8. The number of nitrogens with zero attached hydrogens (tertiary/aromatic N) is 2. The second-order valence-corrected chi connectivity index (χ2v) is 12.9. The summed E-state index contributed by atoms with van der Waals surface area (Å²) in [5.74, 6) is -1.24. The number of nitrogens with one attached hydrogen (secondary N) is 4. The molecule has 2 aromatic heterocycles. The van der Waals surface area contributed by atoms with Gasteiger partial charge in [0, 0.05) is 42.7 Å². The number of fused-ring (bicyclic) bond motifs is 2. The van der Waals surface area contributed by atoms with Gasteiger partial charge in [-0.25, -0.2) is 14.0 Å². The summed E-state index contributed by atoms with van der Waals surface area (Å²) in [6, 6.07) is 10.8.